The monoisotopic (exact) mass is 358 g/mol. The van der Waals surface area contributed by atoms with Crippen molar-refractivity contribution in [3.63, 3.8) is 0 Å². The number of methoxy groups -OCH3 is 1. The van der Waals surface area contributed by atoms with Gasteiger partial charge in [0.2, 0.25) is 0 Å². The molecule has 1 aromatic carbocycles. The number of β-amino-alcohol motifs (C(OH)–C–C–N with tert-alkyl or cyclic N) is 1. The standard InChI is InChI=1S/C20H26N2O4/c1-24-19-11-17(16-3-5-21-6-4-16)12-20(13-19)26-15-18(23)14-22-7-2-9-25-10-8-22/h3-6,11-13,18,23H,2,7-10,14-15H2,1H3. The summed E-state index contributed by atoms with van der Waals surface area (Å²) in [4.78, 5) is 6.27. The van der Waals surface area contributed by atoms with Crippen molar-refractivity contribution in [3.05, 3.63) is 42.7 Å². The van der Waals surface area contributed by atoms with Crippen LogP contribution in [0, 0.1) is 0 Å². The fourth-order valence-corrected chi connectivity index (χ4v) is 3.01. The minimum absolute atomic E-state index is 0.236. The van der Waals surface area contributed by atoms with E-state index in [9.17, 15) is 5.11 Å². The highest BCUT2D eigenvalue weighted by Gasteiger charge is 2.15. The van der Waals surface area contributed by atoms with E-state index in [1.807, 2.05) is 30.3 Å². The van der Waals surface area contributed by atoms with Crippen molar-refractivity contribution in [3.8, 4) is 22.6 Å². The van der Waals surface area contributed by atoms with Crippen molar-refractivity contribution in [2.75, 3.05) is 46.6 Å². The molecule has 1 atom stereocenters. The number of hydrogen-bond acceptors (Lipinski definition) is 6. The van der Waals surface area contributed by atoms with Crippen LogP contribution in [0.15, 0.2) is 42.7 Å². The highest BCUT2D eigenvalue weighted by atomic mass is 16.5. The summed E-state index contributed by atoms with van der Waals surface area (Å²) in [5.74, 6) is 1.39. The highest BCUT2D eigenvalue weighted by Crippen LogP contribution is 2.29. The molecule has 6 nitrogen and oxygen atoms in total. The maximum atomic E-state index is 10.3. The summed E-state index contributed by atoms with van der Waals surface area (Å²) >= 11 is 0. The third kappa shape index (κ3) is 5.42. The summed E-state index contributed by atoms with van der Waals surface area (Å²) in [6.45, 7) is 4.14. The van der Waals surface area contributed by atoms with Gasteiger partial charge in [0.25, 0.3) is 0 Å². The number of ether oxygens (including phenoxy) is 3. The molecule has 0 aliphatic carbocycles. The van der Waals surface area contributed by atoms with Gasteiger partial charge in [-0.2, -0.15) is 0 Å². The highest BCUT2D eigenvalue weighted by molar-refractivity contribution is 5.66. The van der Waals surface area contributed by atoms with Gasteiger partial charge in [-0.1, -0.05) is 0 Å². The molecular weight excluding hydrogens is 332 g/mol. The van der Waals surface area contributed by atoms with Crippen LogP contribution in [0.1, 0.15) is 6.42 Å². The molecule has 1 aliphatic rings. The van der Waals surface area contributed by atoms with E-state index in [0.717, 1.165) is 43.9 Å². The van der Waals surface area contributed by atoms with E-state index in [1.165, 1.54) is 0 Å². The molecule has 140 valence electrons. The number of pyridine rings is 1. The minimum Gasteiger partial charge on any atom is -0.497 e. The van der Waals surface area contributed by atoms with Crippen molar-refractivity contribution < 1.29 is 19.3 Å². The van der Waals surface area contributed by atoms with Crippen LogP contribution < -0.4 is 9.47 Å². The molecule has 2 heterocycles. The minimum atomic E-state index is -0.552. The summed E-state index contributed by atoms with van der Waals surface area (Å²) in [5, 5.41) is 10.3. The van der Waals surface area contributed by atoms with Gasteiger partial charge in [0.1, 0.15) is 24.2 Å². The molecule has 0 spiro atoms. The molecular formula is C20H26N2O4. The number of aliphatic hydroxyl groups is 1. The Kier molecular flexibility index (Phi) is 6.82. The van der Waals surface area contributed by atoms with Crippen LogP contribution in [0.3, 0.4) is 0 Å². The largest absolute Gasteiger partial charge is 0.497 e. The Labute approximate surface area is 154 Å². The van der Waals surface area contributed by atoms with Crippen LogP contribution in [0.2, 0.25) is 0 Å². The number of hydrogen-bond donors (Lipinski definition) is 1. The number of nitrogens with zero attached hydrogens (tertiary/aromatic N) is 2. The second kappa shape index (κ2) is 9.52. The Balaban J connectivity index is 1.61. The second-order valence-electron chi connectivity index (χ2n) is 6.36. The predicted octanol–water partition coefficient (Wildman–Crippen LogP) is 2.22. The molecule has 0 bridgehead atoms. The third-order valence-electron chi connectivity index (χ3n) is 4.36. The van der Waals surface area contributed by atoms with E-state index in [2.05, 4.69) is 9.88 Å². The van der Waals surface area contributed by atoms with Gasteiger partial charge < -0.3 is 19.3 Å². The fraction of sp³-hybridized carbons (Fsp3) is 0.450. The summed E-state index contributed by atoms with van der Waals surface area (Å²) < 4.78 is 16.7. The van der Waals surface area contributed by atoms with Crippen molar-refractivity contribution in [2.24, 2.45) is 0 Å². The lowest BCUT2D eigenvalue weighted by Gasteiger charge is -2.22. The van der Waals surface area contributed by atoms with Crippen molar-refractivity contribution in [1.82, 2.24) is 9.88 Å². The molecule has 2 aromatic rings. The lowest BCUT2D eigenvalue weighted by atomic mass is 10.1. The molecule has 0 saturated carbocycles. The van der Waals surface area contributed by atoms with Crippen LogP contribution in [-0.4, -0.2) is 67.7 Å². The molecule has 1 aliphatic heterocycles. The van der Waals surface area contributed by atoms with Crippen molar-refractivity contribution >= 4 is 0 Å². The van der Waals surface area contributed by atoms with E-state index in [0.29, 0.717) is 18.0 Å². The molecule has 1 aromatic heterocycles. The quantitative estimate of drug-likeness (QED) is 0.819. The van der Waals surface area contributed by atoms with E-state index in [1.54, 1.807) is 19.5 Å². The molecule has 26 heavy (non-hydrogen) atoms. The first kappa shape index (κ1) is 18.6. The Bertz CT molecular complexity index is 673. The normalized spacial score (nSPS) is 16.7. The van der Waals surface area contributed by atoms with Gasteiger partial charge in [-0.05, 0) is 41.8 Å². The number of rotatable bonds is 7. The zero-order valence-electron chi connectivity index (χ0n) is 15.1. The number of aliphatic hydroxyl groups excluding tert-OH is 1. The van der Waals surface area contributed by atoms with Crippen LogP contribution in [0.4, 0.5) is 0 Å². The summed E-state index contributed by atoms with van der Waals surface area (Å²) in [5.41, 5.74) is 2.02. The molecule has 3 rings (SSSR count). The molecule has 1 saturated heterocycles. The molecule has 1 unspecified atom stereocenters. The van der Waals surface area contributed by atoms with E-state index in [-0.39, 0.29) is 6.61 Å². The smallest absolute Gasteiger partial charge is 0.123 e. The second-order valence-corrected chi connectivity index (χ2v) is 6.36. The lowest BCUT2D eigenvalue weighted by molar-refractivity contribution is 0.0658. The zero-order chi connectivity index (χ0) is 18.2. The maximum absolute atomic E-state index is 10.3. The average Bonchev–Trinajstić information content (AvgIpc) is 2.95. The maximum Gasteiger partial charge on any atom is 0.123 e. The Morgan fingerprint density at radius 3 is 2.73 bits per heavy atom. The van der Waals surface area contributed by atoms with Gasteiger partial charge in [0.05, 0.1) is 13.7 Å². The van der Waals surface area contributed by atoms with Crippen LogP contribution in [0.25, 0.3) is 11.1 Å². The first-order valence-electron chi connectivity index (χ1n) is 8.95. The molecule has 0 radical (unpaired) electrons. The van der Waals surface area contributed by atoms with Crippen molar-refractivity contribution in [1.29, 1.82) is 0 Å². The summed E-state index contributed by atoms with van der Waals surface area (Å²) in [7, 11) is 1.63. The molecule has 6 heteroatoms. The Morgan fingerprint density at radius 2 is 1.92 bits per heavy atom. The van der Waals surface area contributed by atoms with E-state index < -0.39 is 6.10 Å². The van der Waals surface area contributed by atoms with Crippen molar-refractivity contribution in [2.45, 2.75) is 12.5 Å². The van der Waals surface area contributed by atoms with Gasteiger partial charge in [-0.3, -0.25) is 9.88 Å². The van der Waals surface area contributed by atoms with Gasteiger partial charge in [-0.25, -0.2) is 0 Å². The molecule has 1 fully saturated rings. The van der Waals surface area contributed by atoms with Gasteiger partial charge >= 0.3 is 0 Å². The lowest BCUT2D eigenvalue weighted by Crippen LogP contribution is -2.37. The van der Waals surface area contributed by atoms with Crippen LogP contribution in [0.5, 0.6) is 11.5 Å². The van der Waals surface area contributed by atoms with E-state index in [4.69, 9.17) is 14.2 Å². The Morgan fingerprint density at radius 1 is 1.12 bits per heavy atom. The number of aromatic nitrogens is 1. The van der Waals surface area contributed by atoms with Gasteiger partial charge in [0, 0.05) is 44.7 Å². The summed E-state index contributed by atoms with van der Waals surface area (Å²) in [6, 6.07) is 9.61. The zero-order valence-corrected chi connectivity index (χ0v) is 15.1. The molecule has 0 amide bonds. The Hall–Kier alpha value is -2.15. The van der Waals surface area contributed by atoms with Crippen LogP contribution in [-0.2, 0) is 4.74 Å². The average molecular weight is 358 g/mol. The van der Waals surface area contributed by atoms with Crippen LogP contribution >= 0.6 is 0 Å². The predicted molar refractivity (Wildman–Crippen MR) is 99.6 cm³/mol. The van der Waals surface area contributed by atoms with E-state index >= 15 is 0 Å². The number of benzene rings is 1. The van der Waals surface area contributed by atoms with Gasteiger partial charge in [-0.15, -0.1) is 0 Å². The fourth-order valence-electron chi connectivity index (χ4n) is 3.01. The summed E-state index contributed by atoms with van der Waals surface area (Å²) in [6.07, 6.45) is 3.95. The first-order valence-corrected chi connectivity index (χ1v) is 8.95. The van der Waals surface area contributed by atoms with Gasteiger partial charge in [0.15, 0.2) is 0 Å². The topological polar surface area (TPSA) is 64.0 Å². The molecule has 1 N–H and O–H groups in total. The SMILES string of the molecule is COc1cc(OCC(O)CN2CCCOCC2)cc(-c2ccncc2)c1. The third-order valence-corrected chi connectivity index (χ3v) is 4.36. The first-order chi connectivity index (χ1) is 12.7.